The van der Waals surface area contributed by atoms with Crippen molar-refractivity contribution in [3.8, 4) is 0 Å². The van der Waals surface area contributed by atoms with Crippen LogP contribution in [0.2, 0.25) is 0 Å². The normalized spacial score (nSPS) is 9.55. The van der Waals surface area contributed by atoms with Crippen molar-refractivity contribution < 1.29 is 5.11 Å². The first kappa shape index (κ1) is 7.88. The van der Waals surface area contributed by atoms with Crippen LogP contribution >= 0.6 is 0 Å². The highest BCUT2D eigenvalue weighted by Crippen LogP contribution is 2.01. The van der Waals surface area contributed by atoms with E-state index in [0.717, 1.165) is 11.1 Å². The molecule has 0 saturated heterocycles. The lowest BCUT2D eigenvalue weighted by Gasteiger charge is -1.99. The van der Waals surface area contributed by atoms with Crippen LogP contribution in [0.3, 0.4) is 0 Å². The van der Waals surface area contributed by atoms with Crippen molar-refractivity contribution in [3.05, 3.63) is 36.4 Å². The molecule has 1 rings (SSSR count). The van der Waals surface area contributed by atoms with Gasteiger partial charge in [-0.2, -0.15) is 0 Å². The fourth-order valence-corrected chi connectivity index (χ4v) is 0.766. The number of rotatable bonds is 3. The van der Waals surface area contributed by atoms with E-state index in [2.05, 4.69) is 16.5 Å². The zero-order valence-electron chi connectivity index (χ0n) is 6.20. The number of hydrogen-bond acceptors (Lipinski definition) is 3. The minimum absolute atomic E-state index is 0.0227. The van der Waals surface area contributed by atoms with E-state index >= 15 is 0 Å². The van der Waals surface area contributed by atoms with Gasteiger partial charge < -0.3 is 5.11 Å². The molecule has 1 aromatic rings. The molecular weight excluding hydrogens is 140 g/mol. The van der Waals surface area contributed by atoms with E-state index in [1.165, 1.54) is 6.33 Å². The van der Waals surface area contributed by atoms with E-state index in [0.29, 0.717) is 6.42 Å². The molecule has 0 aliphatic heterocycles. The summed E-state index contributed by atoms with van der Waals surface area (Å²) in [7, 11) is 0. The van der Waals surface area contributed by atoms with Gasteiger partial charge in [0.05, 0.1) is 6.61 Å². The van der Waals surface area contributed by atoms with Crippen LogP contribution in [0, 0.1) is 0 Å². The highest BCUT2D eigenvalue weighted by atomic mass is 16.3. The van der Waals surface area contributed by atoms with E-state index in [4.69, 9.17) is 5.11 Å². The molecule has 58 valence electrons. The van der Waals surface area contributed by atoms with Crippen LogP contribution in [0.4, 0.5) is 0 Å². The third kappa shape index (κ3) is 2.47. The molecule has 0 unspecified atom stereocenters. The van der Waals surface area contributed by atoms with E-state index < -0.39 is 0 Å². The quantitative estimate of drug-likeness (QED) is 0.640. The Bertz CT molecular complexity index is 233. The molecular formula is C8H10N2O. The first-order valence-corrected chi connectivity index (χ1v) is 3.34. The number of hydrogen-bond donors (Lipinski definition) is 1. The number of aromatic nitrogens is 2. The molecule has 0 aliphatic carbocycles. The SMILES string of the molecule is C=C(CO)Cc1cncnc1. The molecule has 0 amide bonds. The van der Waals surface area contributed by atoms with Crippen LogP contribution in [0.5, 0.6) is 0 Å². The van der Waals surface area contributed by atoms with Gasteiger partial charge in [-0.15, -0.1) is 0 Å². The third-order valence-electron chi connectivity index (χ3n) is 1.29. The summed E-state index contributed by atoms with van der Waals surface area (Å²) in [6.07, 6.45) is 5.56. The maximum atomic E-state index is 8.66. The van der Waals surface area contributed by atoms with Crippen LogP contribution in [-0.4, -0.2) is 21.7 Å². The van der Waals surface area contributed by atoms with Crippen molar-refractivity contribution >= 4 is 0 Å². The van der Waals surface area contributed by atoms with Crippen LogP contribution in [0.15, 0.2) is 30.9 Å². The van der Waals surface area contributed by atoms with Crippen molar-refractivity contribution in [2.24, 2.45) is 0 Å². The van der Waals surface area contributed by atoms with Crippen LogP contribution in [0.25, 0.3) is 0 Å². The zero-order valence-corrected chi connectivity index (χ0v) is 6.20. The standard InChI is InChI=1S/C8H10N2O/c1-7(5-11)2-8-3-9-6-10-4-8/h3-4,6,11H,1-2,5H2. The molecule has 1 N–H and O–H groups in total. The van der Waals surface area contributed by atoms with E-state index in [1.54, 1.807) is 12.4 Å². The summed E-state index contributed by atoms with van der Waals surface area (Å²) in [5, 5.41) is 8.66. The number of aliphatic hydroxyl groups excluding tert-OH is 1. The Morgan fingerprint density at radius 2 is 2.09 bits per heavy atom. The predicted molar refractivity (Wildman–Crippen MR) is 42.0 cm³/mol. The van der Waals surface area contributed by atoms with Gasteiger partial charge in [0.2, 0.25) is 0 Å². The Kier molecular flexibility index (Phi) is 2.74. The minimum Gasteiger partial charge on any atom is -0.392 e. The van der Waals surface area contributed by atoms with Gasteiger partial charge in [0.1, 0.15) is 6.33 Å². The maximum absolute atomic E-state index is 8.66. The van der Waals surface area contributed by atoms with E-state index in [-0.39, 0.29) is 6.61 Å². The second kappa shape index (κ2) is 3.83. The monoisotopic (exact) mass is 150 g/mol. The van der Waals surface area contributed by atoms with Gasteiger partial charge in [0, 0.05) is 12.4 Å². The Labute approximate surface area is 65.4 Å². The lowest BCUT2D eigenvalue weighted by atomic mass is 10.1. The highest BCUT2D eigenvalue weighted by Gasteiger charge is 1.94. The van der Waals surface area contributed by atoms with Gasteiger partial charge in [-0.3, -0.25) is 0 Å². The Hall–Kier alpha value is -1.22. The molecule has 0 saturated carbocycles. The van der Waals surface area contributed by atoms with Crippen LogP contribution < -0.4 is 0 Å². The molecule has 3 heteroatoms. The average molecular weight is 150 g/mol. The van der Waals surface area contributed by atoms with Crippen molar-refractivity contribution in [1.82, 2.24) is 9.97 Å². The molecule has 0 spiro atoms. The summed E-state index contributed by atoms with van der Waals surface area (Å²) >= 11 is 0. The molecule has 1 aromatic heterocycles. The molecule has 0 radical (unpaired) electrons. The molecule has 1 heterocycles. The van der Waals surface area contributed by atoms with Crippen molar-refractivity contribution in [1.29, 1.82) is 0 Å². The molecule has 11 heavy (non-hydrogen) atoms. The Balaban J connectivity index is 2.58. The molecule has 0 aromatic carbocycles. The first-order valence-electron chi connectivity index (χ1n) is 3.34. The molecule has 0 atom stereocenters. The topological polar surface area (TPSA) is 46.0 Å². The van der Waals surface area contributed by atoms with E-state index in [9.17, 15) is 0 Å². The summed E-state index contributed by atoms with van der Waals surface area (Å²) in [6.45, 7) is 3.69. The molecule has 0 bridgehead atoms. The highest BCUT2D eigenvalue weighted by molar-refractivity contribution is 5.13. The van der Waals surface area contributed by atoms with Gasteiger partial charge in [-0.25, -0.2) is 9.97 Å². The van der Waals surface area contributed by atoms with E-state index in [1.807, 2.05) is 0 Å². The summed E-state index contributed by atoms with van der Waals surface area (Å²) in [5.74, 6) is 0. The van der Waals surface area contributed by atoms with Gasteiger partial charge in [-0.05, 0) is 17.6 Å². The lowest BCUT2D eigenvalue weighted by molar-refractivity contribution is 0.329. The van der Waals surface area contributed by atoms with Gasteiger partial charge in [0.25, 0.3) is 0 Å². The second-order valence-electron chi connectivity index (χ2n) is 2.33. The van der Waals surface area contributed by atoms with Crippen LogP contribution in [-0.2, 0) is 6.42 Å². The van der Waals surface area contributed by atoms with Crippen LogP contribution in [0.1, 0.15) is 5.56 Å². The Morgan fingerprint density at radius 1 is 1.45 bits per heavy atom. The predicted octanol–water partition coefficient (Wildman–Crippen LogP) is 0.568. The zero-order chi connectivity index (χ0) is 8.10. The smallest absolute Gasteiger partial charge is 0.115 e. The van der Waals surface area contributed by atoms with Crippen molar-refractivity contribution in [2.75, 3.05) is 6.61 Å². The van der Waals surface area contributed by atoms with Gasteiger partial charge in [0.15, 0.2) is 0 Å². The average Bonchev–Trinajstić information content (AvgIpc) is 2.06. The third-order valence-corrected chi connectivity index (χ3v) is 1.29. The van der Waals surface area contributed by atoms with Gasteiger partial charge >= 0.3 is 0 Å². The minimum atomic E-state index is 0.0227. The molecule has 0 aliphatic rings. The largest absolute Gasteiger partial charge is 0.392 e. The fourth-order valence-electron chi connectivity index (χ4n) is 0.766. The summed E-state index contributed by atoms with van der Waals surface area (Å²) in [4.78, 5) is 7.68. The van der Waals surface area contributed by atoms with Crippen molar-refractivity contribution in [3.63, 3.8) is 0 Å². The van der Waals surface area contributed by atoms with Gasteiger partial charge in [-0.1, -0.05) is 6.58 Å². The lowest BCUT2D eigenvalue weighted by Crippen LogP contribution is -1.94. The summed E-state index contributed by atoms with van der Waals surface area (Å²) in [5.41, 5.74) is 1.76. The van der Waals surface area contributed by atoms with Crippen molar-refractivity contribution in [2.45, 2.75) is 6.42 Å². The number of nitrogens with zero attached hydrogens (tertiary/aromatic N) is 2. The number of aliphatic hydroxyl groups is 1. The fraction of sp³-hybridized carbons (Fsp3) is 0.250. The maximum Gasteiger partial charge on any atom is 0.115 e. The summed E-state index contributed by atoms with van der Waals surface area (Å²) < 4.78 is 0. The first-order chi connectivity index (χ1) is 5.33. The summed E-state index contributed by atoms with van der Waals surface area (Å²) in [6, 6.07) is 0. The second-order valence-corrected chi connectivity index (χ2v) is 2.33. The molecule has 3 nitrogen and oxygen atoms in total. The molecule has 0 fully saturated rings. The Morgan fingerprint density at radius 3 is 2.64 bits per heavy atom.